The lowest BCUT2D eigenvalue weighted by Gasteiger charge is -2.43. The van der Waals surface area contributed by atoms with E-state index in [0.717, 1.165) is 13.1 Å². The van der Waals surface area contributed by atoms with Crippen molar-refractivity contribution in [1.82, 2.24) is 15.1 Å². The molecule has 1 aliphatic heterocycles. The standard InChI is InChI=1S/C17H29N3/c1-15-12-19(4)10-11-20(15)14-17(2,13-18-3)16-8-6-5-7-9-16/h5-9,15,18H,10-14H2,1-4H3. The number of nitrogens with zero attached hydrogens (tertiary/aromatic N) is 2. The summed E-state index contributed by atoms with van der Waals surface area (Å²) in [4.78, 5) is 5.07. The van der Waals surface area contributed by atoms with Crippen LogP contribution in [0.5, 0.6) is 0 Å². The zero-order valence-corrected chi connectivity index (χ0v) is 13.4. The molecular weight excluding hydrogens is 246 g/mol. The minimum absolute atomic E-state index is 0.167. The molecule has 0 spiro atoms. The fourth-order valence-corrected chi connectivity index (χ4v) is 3.34. The van der Waals surface area contributed by atoms with Crippen molar-refractivity contribution >= 4 is 0 Å². The van der Waals surface area contributed by atoms with Crippen LogP contribution in [0.4, 0.5) is 0 Å². The van der Waals surface area contributed by atoms with E-state index in [1.54, 1.807) is 0 Å². The van der Waals surface area contributed by atoms with Crippen molar-refractivity contribution in [2.24, 2.45) is 0 Å². The second kappa shape index (κ2) is 6.70. The van der Waals surface area contributed by atoms with Gasteiger partial charge >= 0.3 is 0 Å². The first-order chi connectivity index (χ1) is 9.55. The van der Waals surface area contributed by atoms with E-state index in [-0.39, 0.29) is 5.41 Å². The molecule has 2 atom stereocenters. The first-order valence-corrected chi connectivity index (χ1v) is 7.68. The van der Waals surface area contributed by atoms with Crippen LogP contribution in [-0.4, -0.2) is 62.7 Å². The molecule has 0 bridgehead atoms. The van der Waals surface area contributed by atoms with Gasteiger partial charge in [-0.25, -0.2) is 0 Å². The molecule has 3 nitrogen and oxygen atoms in total. The van der Waals surface area contributed by atoms with Crippen LogP contribution >= 0.6 is 0 Å². The maximum Gasteiger partial charge on any atom is 0.0195 e. The molecule has 1 N–H and O–H groups in total. The highest BCUT2D eigenvalue weighted by molar-refractivity contribution is 5.25. The van der Waals surface area contributed by atoms with Gasteiger partial charge in [-0.3, -0.25) is 4.90 Å². The van der Waals surface area contributed by atoms with Crippen LogP contribution in [0.25, 0.3) is 0 Å². The molecule has 3 heteroatoms. The van der Waals surface area contributed by atoms with Gasteiger partial charge < -0.3 is 10.2 Å². The van der Waals surface area contributed by atoms with Crippen molar-refractivity contribution in [2.75, 3.05) is 46.8 Å². The smallest absolute Gasteiger partial charge is 0.0195 e. The second-order valence-electron chi connectivity index (χ2n) is 6.54. The summed E-state index contributed by atoms with van der Waals surface area (Å²) in [6, 6.07) is 11.6. The number of nitrogens with one attached hydrogen (secondary N) is 1. The molecular formula is C17H29N3. The number of benzene rings is 1. The maximum absolute atomic E-state index is 3.38. The van der Waals surface area contributed by atoms with Crippen molar-refractivity contribution in [3.05, 3.63) is 35.9 Å². The van der Waals surface area contributed by atoms with Gasteiger partial charge in [0.15, 0.2) is 0 Å². The van der Waals surface area contributed by atoms with Gasteiger partial charge in [0.2, 0.25) is 0 Å². The second-order valence-corrected chi connectivity index (χ2v) is 6.54. The molecule has 1 heterocycles. The molecule has 0 aromatic heterocycles. The molecule has 112 valence electrons. The van der Waals surface area contributed by atoms with Crippen molar-refractivity contribution in [1.29, 1.82) is 0 Å². The van der Waals surface area contributed by atoms with Gasteiger partial charge in [0.25, 0.3) is 0 Å². The Hall–Kier alpha value is -0.900. The monoisotopic (exact) mass is 275 g/mol. The lowest BCUT2D eigenvalue weighted by atomic mass is 9.81. The number of likely N-dealkylation sites (N-methyl/N-ethyl adjacent to an activating group) is 2. The summed E-state index contributed by atoms with van der Waals surface area (Å²) in [5.41, 5.74) is 1.60. The highest BCUT2D eigenvalue weighted by Gasteiger charge is 2.32. The number of rotatable bonds is 5. The van der Waals surface area contributed by atoms with E-state index in [2.05, 4.69) is 73.4 Å². The fraction of sp³-hybridized carbons (Fsp3) is 0.647. The van der Waals surface area contributed by atoms with E-state index >= 15 is 0 Å². The molecule has 2 unspecified atom stereocenters. The highest BCUT2D eigenvalue weighted by atomic mass is 15.3. The zero-order valence-electron chi connectivity index (χ0n) is 13.4. The van der Waals surface area contributed by atoms with Gasteiger partial charge in [-0.05, 0) is 26.6 Å². The summed E-state index contributed by atoms with van der Waals surface area (Å²) in [5.74, 6) is 0. The number of hydrogen-bond donors (Lipinski definition) is 1. The Morgan fingerprint density at radius 3 is 2.55 bits per heavy atom. The molecule has 20 heavy (non-hydrogen) atoms. The van der Waals surface area contributed by atoms with Crippen molar-refractivity contribution in [3.8, 4) is 0 Å². The minimum Gasteiger partial charge on any atom is -0.319 e. The lowest BCUT2D eigenvalue weighted by Crippen LogP contribution is -2.55. The van der Waals surface area contributed by atoms with Gasteiger partial charge in [-0.15, -0.1) is 0 Å². The zero-order chi connectivity index (χ0) is 14.6. The Morgan fingerprint density at radius 2 is 1.95 bits per heavy atom. The molecule has 0 radical (unpaired) electrons. The van der Waals surface area contributed by atoms with Crippen molar-refractivity contribution < 1.29 is 0 Å². The normalized spacial score (nSPS) is 24.5. The molecule has 1 saturated heterocycles. The maximum atomic E-state index is 3.38. The van der Waals surface area contributed by atoms with Gasteiger partial charge in [-0.1, -0.05) is 37.3 Å². The average Bonchev–Trinajstić information content (AvgIpc) is 2.43. The summed E-state index contributed by atoms with van der Waals surface area (Å²) in [6.07, 6.45) is 0. The topological polar surface area (TPSA) is 18.5 Å². The van der Waals surface area contributed by atoms with Gasteiger partial charge in [0, 0.05) is 44.2 Å². The van der Waals surface area contributed by atoms with Crippen molar-refractivity contribution in [3.63, 3.8) is 0 Å². The molecule has 1 aromatic carbocycles. The SMILES string of the molecule is CNCC(C)(CN1CCN(C)CC1C)c1ccccc1. The molecule has 0 saturated carbocycles. The van der Waals surface area contributed by atoms with Crippen LogP contribution in [0.1, 0.15) is 19.4 Å². The number of hydrogen-bond acceptors (Lipinski definition) is 3. The average molecular weight is 275 g/mol. The predicted octanol–water partition coefficient (Wildman–Crippen LogP) is 1.80. The van der Waals surface area contributed by atoms with Crippen LogP contribution < -0.4 is 5.32 Å². The largest absolute Gasteiger partial charge is 0.319 e. The summed E-state index contributed by atoms with van der Waals surface area (Å²) >= 11 is 0. The first-order valence-electron chi connectivity index (χ1n) is 7.68. The highest BCUT2D eigenvalue weighted by Crippen LogP contribution is 2.26. The van der Waals surface area contributed by atoms with E-state index < -0.39 is 0 Å². The van der Waals surface area contributed by atoms with Crippen LogP contribution in [0.2, 0.25) is 0 Å². The van der Waals surface area contributed by atoms with Crippen LogP contribution in [0.15, 0.2) is 30.3 Å². The van der Waals surface area contributed by atoms with Crippen molar-refractivity contribution in [2.45, 2.75) is 25.3 Å². The Bertz CT molecular complexity index is 406. The molecule has 0 aliphatic carbocycles. The van der Waals surface area contributed by atoms with E-state index in [1.165, 1.54) is 25.2 Å². The third kappa shape index (κ3) is 3.60. The minimum atomic E-state index is 0.167. The number of piperazine rings is 1. The van der Waals surface area contributed by atoms with E-state index in [0.29, 0.717) is 6.04 Å². The molecule has 1 aromatic rings. The summed E-state index contributed by atoms with van der Waals surface area (Å²) in [6.45, 7) is 10.4. The molecule has 1 aliphatic rings. The Labute approximate surface area is 124 Å². The molecule has 0 amide bonds. The van der Waals surface area contributed by atoms with E-state index in [1.807, 2.05) is 0 Å². The van der Waals surface area contributed by atoms with Gasteiger partial charge in [0.1, 0.15) is 0 Å². The fourth-order valence-electron chi connectivity index (χ4n) is 3.34. The Kier molecular flexibility index (Phi) is 5.19. The van der Waals surface area contributed by atoms with E-state index in [9.17, 15) is 0 Å². The molecule has 1 fully saturated rings. The van der Waals surface area contributed by atoms with Gasteiger partial charge in [-0.2, -0.15) is 0 Å². The molecule has 2 rings (SSSR count). The predicted molar refractivity (Wildman–Crippen MR) is 86.3 cm³/mol. The summed E-state index contributed by atoms with van der Waals surface area (Å²) < 4.78 is 0. The summed E-state index contributed by atoms with van der Waals surface area (Å²) in [5, 5.41) is 3.38. The van der Waals surface area contributed by atoms with Crippen LogP contribution in [0.3, 0.4) is 0 Å². The first kappa shape index (κ1) is 15.5. The summed E-state index contributed by atoms with van der Waals surface area (Å²) in [7, 11) is 4.27. The van der Waals surface area contributed by atoms with Crippen LogP contribution in [0, 0.1) is 0 Å². The Morgan fingerprint density at radius 1 is 1.25 bits per heavy atom. The van der Waals surface area contributed by atoms with E-state index in [4.69, 9.17) is 0 Å². The van der Waals surface area contributed by atoms with Gasteiger partial charge in [0.05, 0.1) is 0 Å². The third-order valence-electron chi connectivity index (χ3n) is 4.56. The quantitative estimate of drug-likeness (QED) is 0.884. The lowest BCUT2D eigenvalue weighted by molar-refractivity contribution is 0.0794. The Balaban J connectivity index is 2.13. The van der Waals surface area contributed by atoms with Crippen LogP contribution in [-0.2, 0) is 5.41 Å². The third-order valence-corrected chi connectivity index (χ3v) is 4.56.